The molecule has 0 fully saturated rings. The molecule has 2 aromatic heterocycles. The molecule has 0 saturated carbocycles. The summed E-state index contributed by atoms with van der Waals surface area (Å²) in [5.41, 5.74) is 2.52. The number of aromatic nitrogens is 2. The average molecular weight is 372 g/mol. The number of aryl methyl sites for hydroxylation is 1. The summed E-state index contributed by atoms with van der Waals surface area (Å²) in [6.45, 7) is 0.724. The number of nitrogens with zero attached hydrogens (tertiary/aromatic N) is 2. The van der Waals surface area contributed by atoms with Crippen LogP contribution in [0.4, 0.5) is 8.78 Å². The first-order chi connectivity index (χ1) is 12.9. The van der Waals surface area contributed by atoms with E-state index in [4.69, 9.17) is 0 Å². The summed E-state index contributed by atoms with van der Waals surface area (Å²) in [7, 11) is 0. The van der Waals surface area contributed by atoms with Crippen molar-refractivity contribution in [1.82, 2.24) is 9.13 Å². The molecule has 0 amide bonds. The van der Waals surface area contributed by atoms with E-state index in [-0.39, 0.29) is 23.6 Å². The minimum absolute atomic E-state index is 0.0505. The van der Waals surface area contributed by atoms with Crippen LogP contribution < -0.4 is 10.3 Å². The zero-order valence-electron chi connectivity index (χ0n) is 14.9. The van der Waals surface area contributed by atoms with Crippen molar-refractivity contribution in [2.45, 2.75) is 27.0 Å². The van der Waals surface area contributed by atoms with Gasteiger partial charge in [-0.25, -0.2) is 0 Å². The lowest BCUT2D eigenvalue weighted by Crippen LogP contribution is -2.22. The largest absolute Gasteiger partial charge is 0.435 e. The fourth-order valence-corrected chi connectivity index (χ4v) is 3.05. The first-order valence-corrected chi connectivity index (χ1v) is 8.29. The van der Waals surface area contributed by atoms with Gasteiger partial charge in [0.2, 0.25) is 0 Å². The predicted molar refractivity (Wildman–Crippen MR) is 96.9 cm³/mol. The minimum atomic E-state index is -2.88. The van der Waals surface area contributed by atoms with Gasteiger partial charge in [-0.05, 0) is 50.2 Å². The molecule has 27 heavy (non-hydrogen) atoms. The van der Waals surface area contributed by atoms with Crippen molar-refractivity contribution in [3.63, 3.8) is 0 Å². The molecule has 0 bridgehead atoms. The van der Waals surface area contributed by atoms with Crippen molar-refractivity contribution in [1.29, 1.82) is 0 Å². The van der Waals surface area contributed by atoms with Crippen LogP contribution in [0, 0.1) is 13.8 Å². The van der Waals surface area contributed by atoms with E-state index in [0.29, 0.717) is 11.3 Å². The number of hydrogen-bond acceptors (Lipinski definition) is 3. The molecule has 3 rings (SSSR count). The fraction of sp³-hybridized carbons (Fsp3) is 0.200. The highest BCUT2D eigenvalue weighted by Gasteiger charge is 2.17. The van der Waals surface area contributed by atoms with Gasteiger partial charge in [0.15, 0.2) is 5.78 Å². The van der Waals surface area contributed by atoms with Gasteiger partial charge in [0.1, 0.15) is 5.75 Å². The fourth-order valence-electron chi connectivity index (χ4n) is 3.05. The van der Waals surface area contributed by atoms with E-state index in [9.17, 15) is 18.4 Å². The Balaban J connectivity index is 1.89. The molecule has 0 saturated heterocycles. The summed E-state index contributed by atoms with van der Waals surface area (Å²) < 4.78 is 32.1. The van der Waals surface area contributed by atoms with Crippen LogP contribution in [0.2, 0.25) is 0 Å². The minimum Gasteiger partial charge on any atom is -0.435 e. The molecular formula is C20H18F2N2O3. The van der Waals surface area contributed by atoms with Crippen molar-refractivity contribution in [3.05, 3.63) is 82.0 Å². The Kier molecular flexibility index (Phi) is 5.21. The highest BCUT2D eigenvalue weighted by atomic mass is 19.3. The van der Waals surface area contributed by atoms with Gasteiger partial charge in [0.25, 0.3) is 5.56 Å². The Morgan fingerprint density at radius 2 is 1.81 bits per heavy atom. The van der Waals surface area contributed by atoms with E-state index in [0.717, 1.165) is 11.4 Å². The number of alkyl halides is 2. The average Bonchev–Trinajstić information content (AvgIpc) is 2.92. The maximum atomic E-state index is 12.7. The summed E-state index contributed by atoms with van der Waals surface area (Å²) in [5.74, 6) is -0.115. The van der Waals surface area contributed by atoms with Crippen molar-refractivity contribution < 1.29 is 18.3 Å². The molecule has 7 heteroatoms. The summed E-state index contributed by atoms with van der Waals surface area (Å²) in [6, 6.07) is 12.7. The summed E-state index contributed by atoms with van der Waals surface area (Å²) in [5, 5.41) is 0. The second-order valence-electron chi connectivity index (χ2n) is 6.08. The SMILES string of the molecule is Cc1cc(C(=O)Cn2ccccc2=O)c(C)n1-c1ccc(OC(F)F)cc1. The van der Waals surface area contributed by atoms with Crippen molar-refractivity contribution in [3.8, 4) is 11.4 Å². The smallest absolute Gasteiger partial charge is 0.387 e. The molecule has 1 aromatic carbocycles. The van der Waals surface area contributed by atoms with Gasteiger partial charge in [-0.3, -0.25) is 9.59 Å². The topological polar surface area (TPSA) is 53.2 Å². The number of ether oxygens (including phenoxy) is 1. The molecule has 0 aliphatic carbocycles. The Hall–Kier alpha value is -3.22. The van der Waals surface area contributed by atoms with E-state index in [1.807, 2.05) is 11.5 Å². The van der Waals surface area contributed by atoms with E-state index >= 15 is 0 Å². The van der Waals surface area contributed by atoms with E-state index in [1.54, 1.807) is 43.5 Å². The molecule has 0 aliphatic heterocycles. The second kappa shape index (κ2) is 7.57. The molecule has 0 N–H and O–H groups in total. The van der Waals surface area contributed by atoms with Crippen LogP contribution in [0.15, 0.2) is 59.5 Å². The van der Waals surface area contributed by atoms with Crippen molar-refractivity contribution >= 4 is 5.78 Å². The van der Waals surface area contributed by atoms with Crippen LogP contribution in [-0.4, -0.2) is 21.5 Å². The molecule has 5 nitrogen and oxygen atoms in total. The van der Waals surface area contributed by atoms with Gasteiger partial charge in [0, 0.05) is 34.9 Å². The molecular weight excluding hydrogens is 354 g/mol. The first kappa shape index (κ1) is 18.6. The molecule has 3 aromatic rings. The third-order valence-electron chi connectivity index (χ3n) is 4.26. The third-order valence-corrected chi connectivity index (χ3v) is 4.26. The molecule has 0 spiro atoms. The van der Waals surface area contributed by atoms with Gasteiger partial charge in [-0.15, -0.1) is 0 Å². The number of carbonyl (C=O) groups is 1. The summed E-state index contributed by atoms with van der Waals surface area (Å²) in [4.78, 5) is 24.5. The number of hydrogen-bond donors (Lipinski definition) is 0. The van der Waals surface area contributed by atoms with Gasteiger partial charge < -0.3 is 13.9 Å². The third kappa shape index (κ3) is 3.97. The Morgan fingerprint density at radius 1 is 1.11 bits per heavy atom. The highest BCUT2D eigenvalue weighted by Crippen LogP contribution is 2.24. The van der Waals surface area contributed by atoms with Crippen LogP contribution >= 0.6 is 0 Å². The number of rotatable bonds is 6. The normalized spacial score (nSPS) is 11.0. The lowest BCUT2D eigenvalue weighted by Gasteiger charge is -2.11. The summed E-state index contributed by atoms with van der Waals surface area (Å²) >= 11 is 0. The predicted octanol–water partition coefficient (Wildman–Crippen LogP) is 3.74. The van der Waals surface area contributed by atoms with Crippen LogP contribution in [0.1, 0.15) is 21.7 Å². The van der Waals surface area contributed by atoms with Crippen LogP contribution in [0.3, 0.4) is 0 Å². The summed E-state index contributed by atoms with van der Waals surface area (Å²) in [6.07, 6.45) is 1.57. The maximum absolute atomic E-state index is 12.7. The number of Topliss-reactive ketones (excluding diaryl/α,β-unsaturated/α-hetero) is 1. The van der Waals surface area contributed by atoms with Crippen LogP contribution in [0.5, 0.6) is 5.75 Å². The molecule has 2 heterocycles. The molecule has 0 atom stereocenters. The number of ketones is 1. The van der Waals surface area contributed by atoms with Crippen LogP contribution in [-0.2, 0) is 6.54 Å². The van der Waals surface area contributed by atoms with Gasteiger partial charge in [-0.1, -0.05) is 6.07 Å². The van der Waals surface area contributed by atoms with E-state index in [2.05, 4.69) is 4.74 Å². The molecule has 140 valence electrons. The van der Waals surface area contributed by atoms with Crippen molar-refractivity contribution in [2.24, 2.45) is 0 Å². The quantitative estimate of drug-likeness (QED) is 0.620. The van der Waals surface area contributed by atoms with Crippen LogP contribution in [0.25, 0.3) is 5.69 Å². The zero-order chi connectivity index (χ0) is 19.6. The molecule has 0 unspecified atom stereocenters. The monoisotopic (exact) mass is 372 g/mol. The maximum Gasteiger partial charge on any atom is 0.387 e. The van der Waals surface area contributed by atoms with E-state index < -0.39 is 6.61 Å². The van der Waals surface area contributed by atoms with Gasteiger partial charge >= 0.3 is 6.61 Å². The van der Waals surface area contributed by atoms with Crippen molar-refractivity contribution in [2.75, 3.05) is 0 Å². The van der Waals surface area contributed by atoms with Gasteiger partial charge in [0.05, 0.1) is 6.54 Å². The Morgan fingerprint density at radius 3 is 2.44 bits per heavy atom. The zero-order valence-corrected chi connectivity index (χ0v) is 14.9. The second-order valence-corrected chi connectivity index (χ2v) is 6.08. The Labute approximate surface area is 154 Å². The lowest BCUT2D eigenvalue weighted by atomic mass is 10.1. The molecule has 0 radical (unpaired) electrons. The number of benzene rings is 1. The Bertz CT molecular complexity index is 1020. The van der Waals surface area contributed by atoms with Gasteiger partial charge in [-0.2, -0.15) is 8.78 Å². The lowest BCUT2D eigenvalue weighted by molar-refractivity contribution is -0.0498. The number of carbonyl (C=O) groups excluding carboxylic acids is 1. The highest BCUT2D eigenvalue weighted by molar-refractivity contribution is 5.97. The first-order valence-electron chi connectivity index (χ1n) is 8.29. The van der Waals surface area contributed by atoms with E-state index in [1.165, 1.54) is 22.8 Å². The number of pyridine rings is 1. The molecule has 0 aliphatic rings. The number of halogens is 2. The standard InChI is InChI=1S/C20H18F2N2O3/c1-13-11-17(18(25)12-23-10-4-3-5-19(23)26)14(2)24(13)15-6-8-16(9-7-15)27-20(21)22/h3-11,20H,12H2,1-2H3.